The molecule has 0 radical (unpaired) electrons. The number of carbonyl (C=O) groups is 3. The minimum Gasteiger partial charge on any atom is -0.462 e. The van der Waals surface area contributed by atoms with Crippen LogP contribution in [0.3, 0.4) is 0 Å². The van der Waals surface area contributed by atoms with E-state index >= 15 is 0 Å². The van der Waals surface area contributed by atoms with E-state index in [-0.39, 0.29) is 31.1 Å². The maximum atomic E-state index is 12.9. The highest BCUT2D eigenvalue weighted by Gasteiger charge is 2.19. The van der Waals surface area contributed by atoms with E-state index in [4.69, 9.17) is 14.2 Å². The molecule has 0 spiro atoms. The molecule has 0 aromatic heterocycles. The van der Waals surface area contributed by atoms with Gasteiger partial charge in [-0.15, -0.1) is 0 Å². The molecule has 6 nitrogen and oxygen atoms in total. The molecule has 0 aliphatic carbocycles. The van der Waals surface area contributed by atoms with Crippen LogP contribution in [0.5, 0.6) is 0 Å². The molecule has 6 heteroatoms. The van der Waals surface area contributed by atoms with Gasteiger partial charge in [0.1, 0.15) is 13.2 Å². The Morgan fingerprint density at radius 3 is 0.838 bits per heavy atom. The lowest BCUT2D eigenvalue weighted by molar-refractivity contribution is -0.167. The summed E-state index contributed by atoms with van der Waals surface area (Å²) >= 11 is 0. The van der Waals surface area contributed by atoms with E-state index in [0.717, 1.165) is 154 Å². The summed E-state index contributed by atoms with van der Waals surface area (Å²) in [5, 5.41) is 0. The third-order valence-corrected chi connectivity index (χ3v) is 12.7. The Morgan fingerprint density at radius 1 is 0.284 bits per heavy atom. The van der Waals surface area contributed by atoms with Crippen LogP contribution in [0.15, 0.2) is 122 Å². The zero-order valence-electron chi connectivity index (χ0n) is 48.1. The normalized spacial score (nSPS) is 13.0. The van der Waals surface area contributed by atoms with Crippen LogP contribution in [-0.4, -0.2) is 37.2 Å². The Hall–Kier alpha value is -4.19. The molecule has 74 heavy (non-hydrogen) atoms. The fourth-order valence-corrected chi connectivity index (χ4v) is 8.17. The Kier molecular flexibility index (Phi) is 57.9. The second-order valence-corrected chi connectivity index (χ2v) is 19.8. The van der Waals surface area contributed by atoms with Crippen LogP contribution in [0.1, 0.15) is 271 Å². The van der Waals surface area contributed by atoms with Crippen LogP contribution in [0.25, 0.3) is 0 Å². The molecular weight excluding hydrogens is 913 g/mol. The molecule has 0 aromatic rings. The van der Waals surface area contributed by atoms with Crippen molar-refractivity contribution in [2.75, 3.05) is 13.2 Å². The molecule has 0 amide bonds. The van der Waals surface area contributed by atoms with Gasteiger partial charge in [-0.05, 0) is 122 Å². The fraction of sp³-hybridized carbons (Fsp3) is 0.662. The molecule has 0 rings (SSSR count). The Balaban J connectivity index is 4.31. The molecule has 0 saturated heterocycles. The summed E-state index contributed by atoms with van der Waals surface area (Å²) in [6.07, 6.45) is 84.9. The summed E-state index contributed by atoms with van der Waals surface area (Å²) in [6.45, 7) is 6.33. The van der Waals surface area contributed by atoms with Crippen molar-refractivity contribution >= 4 is 17.9 Å². The van der Waals surface area contributed by atoms with E-state index in [2.05, 4.69) is 142 Å². The second kappa shape index (κ2) is 61.4. The number of hydrogen-bond donors (Lipinski definition) is 0. The second-order valence-electron chi connectivity index (χ2n) is 19.8. The maximum Gasteiger partial charge on any atom is 0.306 e. The highest BCUT2D eigenvalue weighted by molar-refractivity contribution is 5.71. The van der Waals surface area contributed by atoms with E-state index in [1.165, 1.54) is 77.0 Å². The van der Waals surface area contributed by atoms with Crippen LogP contribution in [0.2, 0.25) is 0 Å². The zero-order valence-corrected chi connectivity index (χ0v) is 48.1. The lowest BCUT2D eigenvalue weighted by atomic mass is 10.0. The van der Waals surface area contributed by atoms with E-state index in [1.807, 2.05) is 0 Å². The standard InChI is InChI=1S/C68H112O6/c1-4-7-10-13-16-19-22-24-26-28-30-32-33-34-35-37-38-40-42-44-46-49-52-55-58-61-67(70)73-64-65(63-72-66(69)60-57-54-51-48-21-18-15-12-9-6-3)74-68(71)62-59-56-53-50-47-45-43-41-39-36-31-29-27-25-23-20-17-14-11-8-5-2/h7-8,10-12,15-17,19-20,24-27,30-32,36,41,43,65H,4-6,9,13-14,18,21-23,28-29,33-35,37-40,42,44-64H2,1-3H3/b10-7-,11-8-,15-12-,19-16-,20-17-,26-24-,27-25-,32-30-,36-31-,43-41-. The fourth-order valence-electron chi connectivity index (χ4n) is 8.17. The molecule has 0 N–H and O–H groups in total. The topological polar surface area (TPSA) is 78.9 Å². The number of hydrogen-bond acceptors (Lipinski definition) is 6. The maximum absolute atomic E-state index is 12.9. The Bertz CT molecular complexity index is 1550. The van der Waals surface area contributed by atoms with E-state index < -0.39 is 6.10 Å². The summed E-state index contributed by atoms with van der Waals surface area (Å²) in [5.74, 6) is -0.922. The van der Waals surface area contributed by atoms with Gasteiger partial charge in [-0.2, -0.15) is 0 Å². The average molecular weight is 1030 g/mol. The molecule has 0 heterocycles. The molecule has 0 saturated carbocycles. The summed E-state index contributed by atoms with van der Waals surface area (Å²) in [5.41, 5.74) is 0. The summed E-state index contributed by atoms with van der Waals surface area (Å²) in [7, 11) is 0. The molecule has 1 atom stereocenters. The Morgan fingerprint density at radius 2 is 0.527 bits per heavy atom. The number of carbonyl (C=O) groups excluding carboxylic acids is 3. The van der Waals surface area contributed by atoms with Gasteiger partial charge in [0.15, 0.2) is 6.10 Å². The van der Waals surface area contributed by atoms with Gasteiger partial charge >= 0.3 is 17.9 Å². The van der Waals surface area contributed by atoms with E-state index in [1.54, 1.807) is 0 Å². The summed E-state index contributed by atoms with van der Waals surface area (Å²) in [4.78, 5) is 38.2. The number of unbranched alkanes of at least 4 members (excludes halogenated alkanes) is 23. The van der Waals surface area contributed by atoms with Crippen molar-refractivity contribution in [3.8, 4) is 0 Å². The van der Waals surface area contributed by atoms with Gasteiger partial charge < -0.3 is 14.2 Å². The van der Waals surface area contributed by atoms with E-state index in [0.29, 0.717) is 19.3 Å². The molecule has 0 bridgehead atoms. The molecule has 0 aliphatic heterocycles. The van der Waals surface area contributed by atoms with Crippen molar-refractivity contribution in [3.05, 3.63) is 122 Å². The lowest BCUT2D eigenvalue weighted by Crippen LogP contribution is -2.30. The number of allylic oxidation sites excluding steroid dienone is 20. The molecule has 0 aliphatic rings. The van der Waals surface area contributed by atoms with Crippen LogP contribution in [0, 0.1) is 0 Å². The van der Waals surface area contributed by atoms with Crippen LogP contribution in [0.4, 0.5) is 0 Å². The molecule has 420 valence electrons. The first-order valence-electron chi connectivity index (χ1n) is 30.5. The van der Waals surface area contributed by atoms with Gasteiger partial charge in [-0.3, -0.25) is 14.4 Å². The van der Waals surface area contributed by atoms with Gasteiger partial charge in [0, 0.05) is 19.3 Å². The summed E-state index contributed by atoms with van der Waals surface area (Å²) in [6, 6.07) is 0. The molecular formula is C68H112O6. The van der Waals surface area contributed by atoms with Crippen molar-refractivity contribution in [1.29, 1.82) is 0 Å². The van der Waals surface area contributed by atoms with Crippen molar-refractivity contribution in [3.63, 3.8) is 0 Å². The minimum atomic E-state index is -0.796. The Labute approximate surface area is 456 Å². The van der Waals surface area contributed by atoms with Crippen molar-refractivity contribution in [2.45, 2.75) is 277 Å². The number of rotatable bonds is 54. The first-order chi connectivity index (χ1) is 36.5. The van der Waals surface area contributed by atoms with Gasteiger partial charge in [0.05, 0.1) is 0 Å². The third-order valence-electron chi connectivity index (χ3n) is 12.7. The average Bonchev–Trinajstić information content (AvgIpc) is 3.40. The number of ether oxygens (including phenoxy) is 3. The molecule has 1 unspecified atom stereocenters. The predicted octanol–water partition coefficient (Wildman–Crippen LogP) is 20.8. The third kappa shape index (κ3) is 58.7. The predicted molar refractivity (Wildman–Crippen MR) is 320 cm³/mol. The SMILES string of the molecule is CC/C=C\C/C=C\C/C=C\C/C=C\C/C=C\CCCCCCCC(=O)OC(COC(=O)CCCCCCC/C=C\CCC)COC(=O)CCCCCCCCCCCCCC/C=C\C/C=C\C/C=C\C/C=C\CC. The van der Waals surface area contributed by atoms with Crippen molar-refractivity contribution in [2.24, 2.45) is 0 Å². The van der Waals surface area contributed by atoms with Gasteiger partial charge in [-0.25, -0.2) is 0 Å². The van der Waals surface area contributed by atoms with E-state index in [9.17, 15) is 14.4 Å². The largest absolute Gasteiger partial charge is 0.462 e. The van der Waals surface area contributed by atoms with Gasteiger partial charge in [0.25, 0.3) is 0 Å². The van der Waals surface area contributed by atoms with Gasteiger partial charge in [-0.1, -0.05) is 251 Å². The van der Waals surface area contributed by atoms with Crippen LogP contribution in [-0.2, 0) is 28.6 Å². The summed E-state index contributed by atoms with van der Waals surface area (Å²) < 4.78 is 16.9. The minimum absolute atomic E-state index is 0.0916. The highest BCUT2D eigenvalue weighted by Crippen LogP contribution is 2.15. The lowest BCUT2D eigenvalue weighted by Gasteiger charge is -2.18. The van der Waals surface area contributed by atoms with Crippen molar-refractivity contribution < 1.29 is 28.6 Å². The first-order valence-corrected chi connectivity index (χ1v) is 30.5. The zero-order chi connectivity index (χ0) is 53.6. The first kappa shape index (κ1) is 69.8. The monoisotopic (exact) mass is 1020 g/mol. The highest BCUT2D eigenvalue weighted by atomic mass is 16.6. The van der Waals surface area contributed by atoms with Crippen LogP contribution < -0.4 is 0 Å². The molecule has 0 aromatic carbocycles. The smallest absolute Gasteiger partial charge is 0.306 e. The van der Waals surface area contributed by atoms with Gasteiger partial charge in [0.2, 0.25) is 0 Å². The van der Waals surface area contributed by atoms with Crippen LogP contribution >= 0.6 is 0 Å². The molecule has 0 fully saturated rings. The number of esters is 3. The van der Waals surface area contributed by atoms with Crippen molar-refractivity contribution in [1.82, 2.24) is 0 Å². The quantitative estimate of drug-likeness (QED) is 0.0261.